The summed E-state index contributed by atoms with van der Waals surface area (Å²) in [5.41, 5.74) is 0.333. The van der Waals surface area contributed by atoms with Crippen molar-refractivity contribution in [1.82, 2.24) is 9.97 Å². The summed E-state index contributed by atoms with van der Waals surface area (Å²) in [6.07, 6.45) is 8.72. The van der Waals surface area contributed by atoms with Crippen LogP contribution in [0, 0.1) is 23.7 Å². The highest BCUT2D eigenvalue weighted by atomic mass is 15.1. The molecule has 0 spiro atoms. The zero-order valence-corrected chi connectivity index (χ0v) is 8.57. The maximum absolute atomic E-state index is 8.65. The Labute approximate surface area is 89.4 Å². The molecule has 1 aromatic rings. The molecule has 1 heterocycles. The standard InChI is InChI=1S/C11H12N4/c1-3-5-9(4-2)14-11-13-7-6-10(8-12)15-11/h2,6-7,9H,3,5H2,1H3,(H,13,14,15). The van der Waals surface area contributed by atoms with Gasteiger partial charge in [-0.05, 0) is 12.5 Å². The molecular formula is C11H12N4. The van der Waals surface area contributed by atoms with Gasteiger partial charge in [0.2, 0.25) is 5.95 Å². The van der Waals surface area contributed by atoms with E-state index in [1.165, 1.54) is 6.20 Å². The number of terminal acetylenes is 1. The van der Waals surface area contributed by atoms with Crippen LogP contribution in [-0.2, 0) is 0 Å². The summed E-state index contributed by atoms with van der Waals surface area (Å²) in [4.78, 5) is 7.97. The van der Waals surface area contributed by atoms with E-state index in [9.17, 15) is 0 Å². The average Bonchev–Trinajstić information content (AvgIpc) is 2.29. The maximum Gasteiger partial charge on any atom is 0.224 e. The van der Waals surface area contributed by atoms with E-state index in [0.717, 1.165) is 12.8 Å². The van der Waals surface area contributed by atoms with Gasteiger partial charge in [-0.3, -0.25) is 0 Å². The Morgan fingerprint density at radius 1 is 1.67 bits per heavy atom. The van der Waals surface area contributed by atoms with Crippen molar-refractivity contribution in [3.05, 3.63) is 18.0 Å². The minimum atomic E-state index is -0.0797. The maximum atomic E-state index is 8.65. The Morgan fingerprint density at radius 3 is 3.07 bits per heavy atom. The van der Waals surface area contributed by atoms with Crippen molar-refractivity contribution in [2.45, 2.75) is 25.8 Å². The zero-order chi connectivity index (χ0) is 11.1. The van der Waals surface area contributed by atoms with Crippen LogP contribution in [0.25, 0.3) is 0 Å². The van der Waals surface area contributed by atoms with E-state index in [2.05, 4.69) is 28.1 Å². The first-order valence-electron chi connectivity index (χ1n) is 4.76. The van der Waals surface area contributed by atoms with Gasteiger partial charge in [-0.1, -0.05) is 19.3 Å². The predicted octanol–water partition coefficient (Wildman–Crippen LogP) is 1.56. The average molecular weight is 200 g/mol. The number of rotatable bonds is 4. The summed E-state index contributed by atoms with van der Waals surface area (Å²) in [6.45, 7) is 2.05. The fourth-order valence-corrected chi connectivity index (χ4v) is 1.13. The molecule has 0 fully saturated rings. The van der Waals surface area contributed by atoms with Crippen LogP contribution in [0.15, 0.2) is 12.3 Å². The van der Waals surface area contributed by atoms with E-state index in [4.69, 9.17) is 11.7 Å². The fraction of sp³-hybridized carbons (Fsp3) is 0.364. The summed E-state index contributed by atoms with van der Waals surface area (Å²) < 4.78 is 0. The van der Waals surface area contributed by atoms with Crippen molar-refractivity contribution >= 4 is 5.95 Å². The molecule has 1 aromatic heterocycles. The summed E-state index contributed by atoms with van der Waals surface area (Å²) in [5.74, 6) is 3.02. The fourth-order valence-electron chi connectivity index (χ4n) is 1.13. The molecule has 0 aliphatic heterocycles. The lowest BCUT2D eigenvalue weighted by Gasteiger charge is -2.11. The van der Waals surface area contributed by atoms with Crippen molar-refractivity contribution < 1.29 is 0 Å². The molecule has 4 heteroatoms. The third-order valence-corrected chi connectivity index (χ3v) is 1.85. The second-order valence-electron chi connectivity index (χ2n) is 3.03. The Balaban J connectivity index is 2.72. The van der Waals surface area contributed by atoms with Gasteiger partial charge >= 0.3 is 0 Å². The van der Waals surface area contributed by atoms with Gasteiger partial charge in [0.1, 0.15) is 11.8 Å². The zero-order valence-electron chi connectivity index (χ0n) is 8.57. The van der Waals surface area contributed by atoms with Crippen LogP contribution in [0.3, 0.4) is 0 Å². The molecule has 4 nitrogen and oxygen atoms in total. The van der Waals surface area contributed by atoms with E-state index in [1.54, 1.807) is 6.07 Å². The minimum absolute atomic E-state index is 0.0797. The highest BCUT2D eigenvalue weighted by Gasteiger charge is 2.05. The molecule has 0 radical (unpaired) electrons. The first-order valence-corrected chi connectivity index (χ1v) is 4.76. The third kappa shape index (κ3) is 3.28. The highest BCUT2D eigenvalue weighted by Crippen LogP contribution is 2.04. The second kappa shape index (κ2) is 5.62. The van der Waals surface area contributed by atoms with E-state index >= 15 is 0 Å². The molecular weight excluding hydrogens is 188 g/mol. The highest BCUT2D eigenvalue weighted by molar-refractivity contribution is 5.33. The van der Waals surface area contributed by atoms with Gasteiger partial charge in [0.05, 0.1) is 6.04 Å². The Kier molecular flexibility index (Phi) is 4.12. The monoisotopic (exact) mass is 200 g/mol. The smallest absolute Gasteiger partial charge is 0.224 e. The van der Waals surface area contributed by atoms with Crippen LogP contribution in [0.1, 0.15) is 25.5 Å². The van der Waals surface area contributed by atoms with Crippen LogP contribution in [0.4, 0.5) is 5.95 Å². The lowest BCUT2D eigenvalue weighted by molar-refractivity contribution is 0.748. The van der Waals surface area contributed by atoms with Gasteiger partial charge in [0, 0.05) is 6.20 Å². The quantitative estimate of drug-likeness (QED) is 0.749. The summed E-state index contributed by atoms with van der Waals surface area (Å²) in [7, 11) is 0. The molecule has 0 saturated carbocycles. The Hall–Kier alpha value is -2.07. The largest absolute Gasteiger partial charge is 0.341 e. The van der Waals surface area contributed by atoms with Crippen LogP contribution >= 0.6 is 0 Å². The first kappa shape index (κ1) is 11.0. The predicted molar refractivity (Wildman–Crippen MR) is 57.9 cm³/mol. The number of hydrogen-bond acceptors (Lipinski definition) is 4. The number of nitrogens with zero attached hydrogens (tertiary/aromatic N) is 3. The molecule has 76 valence electrons. The van der Waals surface area contributed by atoms with Crippen molar-refractivity contribution in [2.24, 2.45) is 0 Å². The van der Waals surface area contributed by atoms with Crippen LogP contribution in [-0.4, -0.2) is 16.0 Å². The summed E-state index contributed by atoms with van der Waals surface area (Å²) in [6, 6.07) is 3.42. The molecule has 1 atom stereocenters. The van der Waals surface area contributed by atoms with E-state index in [0.29, 0.717) is 11.6 Å². The lowest BCUT2D eigenvalue weighted by atomic mass is 10.2. The summed E-state index contributed by atoms with van der Waals surface area (Å²) >= 11 is 0. The molecule has 15 heavy (non-hydrogen) atoms. The van der Waals surface area contributed by atoms with Gasteiger partial charge in [-0.2, -0.15) is 5.26 Å². The molecule has 1 N–H and O–H groups in total. The number of aromatic nitrogens is 2. The molecule has 0 aliphatic carbocycles. The van der Waals surface area contributed by atoms with Crippen molar-refractivity contribution in [3.63, 3.8) is 0 Å². The molecule has 0 aliphatic rings. The molecule has 0 saturated heterocycles. The van der Waals surface area contributed by atoms with Crippen molar-refractivity contribution in [1.29, 1.82) is 5.26 Å². The van der Waals surface area contributed by atoms with Gasteiger partial charge < -0.3 is 5.32 Å². The molecule has 1 rings (SSSR count). The van der Waals surface area contributed by atoms with Gasteiger partial charge in [0.25, 0.3) is 0 Å². The minimum Gasteiger partial charge on any atom is -0.341 e. The number of nitriles is 1. The second-order valence-corrected chi connectivity index (χ2v) is 3.03. The number of hydrogen-bond donors (Lipinski definition) is 1. The normalized spacial score (nSPS) is 11.1. The Morgan fingerprint density at radius 2 is 2.47 bits per heavy atom. The van der Waals surface area contributed by atoms with Crippen LogP contribution in [0.2, 0.25) is 0 Å². The van der Waals surface area contributed by atoms with Gasteiger partial charge in [-0.25, -0.2) is 9.97 Å². The third-order valence-electron chi connectivity index (χ3n) is 1.85. The van der Waals surface area contributed by atoms with Crippen LogP contribution < -0.4 is 5.32 Å². The number of nitrogens with one attached hydrogen (secondary N) is 1. The number of anilines is 1. The molecule has 1 unspecified atom stereocenters. The van der Waals surface area contributed by atoms with Crippen molar-refractivity contribution in [3.8, 4) is 18.4 Å². The first-order chi connectivity index (χ1) is 7.30. The summed E-state index contributed by atoms with van der Waals surface area (Å²) in [5, 5.41) is 11.6. The topological polar surface area (TPSA) is 61.6 Å². The Bertz CT molecular complexity index is 400. The molecule has 0 aromatic carbocycles. The van der Waals surface area contributed by atoms with E-state index in [1.807, 2.05) is 6.07 Å². The lowest BCUT2D eigenvalue weighted by Crippen LogP contribution is -2.18. The molecule has 0 amide bonds. The van der Waals surface area contributed by atoms with Gasteiger partial charge in [0.15, 0.2) is 0 Å². The SMILES string of the molecule is C#CC(CCC)Nc1nccc(C#N)n1. The van der Waals surface area contributed by atoms with Crippen LogP contribution in [0.5, 0.6) is 0 Å². The van der Waals surface area contributed by atoms with E-state index < -0.39 is 0 Å². The van der Waals surface area contributed by atoms with Gasteiger partial charge in [-0.15, -0.1) is 6.42 Å². The van der Waals surface area contributed by atoms with E-state index in [-0.39, 0.29) is 6.04 Å². The van der Waals surface area contributed by atoms with Crippen molar-refractivity contribution in [2.75, 3.05) is 5.32 Å². The molecule has 0 bridgehead atoms.